The third-order valence-corrected chi connectivity index (χ3v) is 7.44. The van der Waals surface area contributed by atoms with Gasteiger partial charge in [0.05, 0.1) is 5.52 Å². The molecule has 2 heteroatoms. The summed E-state index contributed by atoms with van der Waals surface area (Å²) >= 11 is 0. The van der Waals surface area contributed by atoms with Gasteiger partial charge in [0, 0.05) is 32.6 Å². The van der Waals surface area contributed by atoms with Crippen LogP contribution >= 0.6 is 0 Å². The predicted octanol–water partition coefficient (Wildman–Crippen LogP) is 9.71. The highest BCUT2D eigenvalue weighted by atomic mass is 16.3. The minimum absolute atomic E-state index is 0.923. The second-order valence-corrected chi connectivity index (χ2v) is 9.41. The molecule has 0 aliphatic carbocycles. The van der Waals surface area contributed by atoms with E-state index in [1.54, 1.807) is 0 Å². The number of para-hydroxylation sites is 3. The number of aromatic amines is 1. The highest BCUT2D eigenvalue weighted by molar-refractivity contribution is 6.15. The third kappa shape index (κ3) is 2.73. The molecule has 8 aromatic rings. The van der Waals surface area contributed by atoms with Gasteiger partial charge in [-0.1, -0.05) is 97.1 Å². The van der Waals surface area contributed by atoms with E-state index in [9.17, 15) is 0 Å². The van der Waals surface area contributed by atoms with E-state index >= 15 is 0 Å². The van der Waals surface area contributed by atoms with Crippen molar-refractivity contribution in [3.63, 3.8) is 0 Å². The smallest absolute Gasteiger partial charge is 0.135 e. The zero-order valence-corrected chi connectivity index (χ0v) is 19.5. The average molecular weight is 460 g/mol. The Morgan fingerprint density at radius 2 is 1.06 bits per heavy atom. The van der Waals surface area contributed by atoms with Gasteiger partial charge in [0.25, 0.3) is 0 Å². The molecule has 0 amide bonds. The molecule has 0 unspecified atom stereocenters. The molecule has 0 atom stereocenters. The topological polar surface area (TPSA) is 28.9 Å². The van der Waals surface area contributed by atoms with Crippen molar-refractivity contribution in [2.45, 2.75) is 0 Å². The first kappa shape index (κ1) is 19.5. The lowest BCUT2D eigenvalue weighted by atomic mass is 9.92. The Morgan fingerprint density at radius 3 is 1.94 bits per heavy atom. The lowest BCUT2D eigenvalue weighted by molar-refractivity contribution is 0.669. The van der Waals surface area contributed by atoms with Gasteiger partial charge in [-0.2, -0.15) is 0 Å². The van der Waals surface area contributed by atoms with Gasteiger partial charge >= 0.3 is 0 Å². The van der Waals surface area contributed by atoms with Crippen LogP contribution in [0.2, 0.25) is 0 Å². The summed E-state index contributed by atoms with van der Waals surface area (Å²) in [6.45, 7) is 0. The molecule has 168 valence electrons. The van der Waals surface area contributed by atoms with Crippen molar-refractivity contribution in [2.24, 2.45) is 0 Å². The van der Waals surface area contributed by atoms with Crippen LogP contribution in [0.3, 0.4) is 0 Å². The number of H-pyrrole nitrogens is 1. The molecule has 2 aromatic heterocycles. The van der Waals surface area contributed by atoms with Crippen molar-refractivity contribution in [3.05, 3.63) is 121 Å². The number of hydrogen-bond donors (Lipinski definition) is 1. The van der Waals surface area contributed by atoms with Gasteiger partial charge < -0.3 is 9.40 Å². The highest BCUT2D eigenvalue weighted by Gasteiger charge is 2.14. The molecule has 6 aromatic carbocycles. The second kappa shape index (κ2) is 7.34. The molecule has 2 heterocycles. The lowest BCUT2D eigenvalue weighted by Crippen LogP contribution is -1.86. The van der Waals surface area contributed by atoms with Crippen molar-refractivity contribution < 1.29 is 4.42 Å². The molecule has 0 saturated heterocycles. The summed E-state index contributed by atoms with van der Waals surface area (Å²) in [4.78, 5) is 3.68. The van der Waals surface area contributed by atoms with Crippen LogP contribution < -0.4 is 0 Å². The first-order valence-corrected chi connectivity index (χ1v) is 12.3. The number of benzene rings is 6. The second-order valence-electron chi connectivity index (χ2n) is 9.41. The molecule has 0 radical (unpaired) electrons. The Hall–Kier alpha value is -4.82. The first-order chi connectivity index (χ1) is 17.8. The molecule has 36 heavy (non-hydrogen) atoms. The standard InChI is InChI=1S/C34H21NO/c1-3-16-31-26(8-1)29-15-7-14-28(34(29)35-31)25-13-6-11-23-22(10-5-12-24(23)25)21-18-19-33-30(20-21)27-9-2-4-17-32(27)36-33/h1-20,35H. The molecule has 0 saturated carbocycles. The van der Waals surface area contributed by atoms with Crippen LogP contribution in [-0.2, 0) is 0 Å². The van der Waals surface area contributed by atoms with Crippen LogP contribution in [0.4, 0.5) is 0 Å². The molecule has 0 spiro atoms. The van der Waals surface area contributed by atoms with Crippen LogP contribution in [0.5, 0.6) is 0 Å². The summed E-state index contributed by atoms with van der Waals surface area (Å²) in [7, 11) is 0. The normalized spacial score (nSPS) is 11.9. The van der Waals surface area contributed by atoms with E-state index in [2.05, 4.69) is 114 Å². The Morgan fingerprint density at radius 1 is 0.417 bits per heavy atom. The number of nitrogens with one attached hydrogen (secondary N) is 1. The Bertz CT molecular complexity index is 2110. The Balaban J connectivity index is 1.38. The van der Waals surface area contributed by atoms with Crippen molar-refractivity contribution >= 4 is 54.5 Å². The molecular formula is C34H21NO. The number of furan rings is 1. The van der Waals surface area contributed by atoms with E-state index in [0.717, 1.165) is 21.9 Å². The van der Waals surface area contributed by atoms with Gasteiger partial charge in [-0.05, 0) is 51.7 Å². The highest BCUT2D eigenvalue weighted by Crippen LogP contribution is 2.40. The largest absolute Gasteiger partial charge is 0.456 e. The van der Waals surface area contributed by atoms with Crippen LogP contribution in [-0.4, -0.2) is 4.98 Å². The summed E-state index contributed by atoms with van der Waals surface area (Å²) in [5.74, 6) is 0. The van der Waals surface area contributed by atoms with E-state index in [0.29, 0.717) is 0 Å². The zero-order valence-electron chi connectivity index (χ0n) is 19.5. The third-order valence-electron chi connectivity index (χ3n) is 7.44. The molecule has 0 aliphatic heterocycles. The Labute approximate surface area is 207 Å². The number of fused-ring (bicyclic) bond motifs is 7. The van der Waals surface area contributed by atoms with Crippen molar-refractivity contribution in [1.29, 1.82) is 0 Å². The number of hydrogen-bond acceptors (Lipinski definition) is 1. The summed E-state index contributed by atoms with van der Waals surface area (Å²) in [5, 5.41) is 7.32. The molecule has 0 bridgehead atoms. The maximum Gasteiger partial charge on any atom is 0.135 e. The van der Waals surface area contributed by atoms with E-state index in [4.69, 9.17) is 4.42 Å². The molecule has 0 fully saturated rings. The van der Waals surface area contributed by atoms with Gasteiger partial charge in [-0.15, -0.1) is 0 Å². The van der Waals surface area contributed by atoms with Crippen molar-refractivity contribution in [2.75, 3.05) is 0 Å². The van der Waals surface area contributed by atoms with Gasteiger partial charge in [-0.25, -0.2) is 0 Å². The number of aromatic nitrogens is 1. The average Bonchev–Trinajstić information content (AvgIpc) is 3.50. The first-order valence-electron chi connectivity index (χ1n) is 12.3. The summed E-state index contributed by atoms with van der Waals surface area (Å²) in [6.07, 6.45) is 0. The van der Waals surface area contributed by atoms with Gasteiger partial charge in [0.15, 0.2) is 0 Å². The monoisotopic (exact) mass is 459 g/mol. The van der Waals surface area contributed by atoms with E-state index in [1.165, 1.54) is 54.8 Å². The lowest BCUT2D eigenvalue weighted by Gasteiger charge is -2.12. The van der Waals surface area contributed by atoms with Gasteiger partial charge in [0.1, 0.15) is 11.2 Å². The molecule has 0 aliphatic rings. The fourth-order valence-electron chi connectivity index (χ4n) is 5.79. The SMILES string of the molecule is c1ccc2c(c1)[nH]c1c(-c3cccc4c(-c5ccc6oc7ccccc7c6c5)cccc34)cccc12. The summed E-state index contributed by atoms with van der Waals surface area (Å²) in [6, 6.07) is 43.2. The van der Waals surface area contributed by atoms with Gasteiger partial charge in [-0.3, -0.25) is 0 Å². The van der Waals surface area contributed by atoms with E-state index in [-0.39, 0.29) is 0 Å². The van der Waals surface area contributed by atoms with Crippen LogP contribution in [0.15, 0.2) is 126 Å². The summed E-state index contributed by atoms with van der Waals surface area (Å²) < 4.78 is 6.07. The quantitative estimate of drug-likeness (QED) is 0.274. The van der Waals surface area contributed by atoms with Crippen molar-refractivity contribution in [3.8, 4) is 22.3 Å². The van der Waals surface area contributed by atoms with Crippen molar-refractivity contribution in [1.82, 2.24) is 4.98 Å². The molecule has 2 nitrogen and oxygen atoms in total. The van der Waals surface area contributed by atoms with Crippen LogP contribution in [0.25, 0.3) is 76.8 Å². The fourth-order valence-corrected chi connectivity index (χ4v) is 5.79. The van der Waals surface area contributed by atoms with E-state index in [1.807, 2.05) is 12.1 Å². The zero-order chi connectivity index (χ0) is 23.6. The molecule has 1 N–H and O–H groups in total. The minimum Gasteiger partial charge on any atom is -0.456 e. The molecule has 8 rings (SSSR count). The molecular weight excluding hydrogens is 438 g/mol. The maximum atomic E-state index is 6.07. The predicted molar refractivity (Wildman–Crippen MR) is 151 cm³/mol. The fraction of sp³-hybridized carbons (Fsp3) is 0. The Kier molecular flexibility index (Phi) is 3.97. The van der Waals surface area contributed by atoms with E-state index < -0.39 is 0 Å². The maximum absolute atomic E-state index is 6.07. The number of rotatable bonds is 2. The van der Waals surface area contributed by atoms with Gasteiger partial charge in [0.2, 0.25) is 0 Å². The summed E-state index contributed by atoms with van der Waals surface area (Å²) in [5.41, 5.74) is 9.09. The van der Waals surface area contributed by atoms with Crippen LogP contribution in [0, 0.1) is 0 Å². The van der Waals surface area contributed by atoms with Crippen LogP contribution in [0.1, 0.15) is 0 Å². The minimum atomic E-state index is 0.923.